The number of nitrogens with one attached hydrogen (secondary N) is 1. The molecule has 0 fully saturated rings. The van der Waals surface area contributed by atoms with Gasteiger partial charge in [0.1, 0.15) is 12.4 Å². The van der Waals surface area contributed by atoms with Crippen LogP contribution < -0.4 is 10.1 Å². The van der Waals surface area contributed by atoms with E-state index in [1.165, 1.54) is 0 Å². The van der Waals surface area contributed by atoms with Crippen LogP contribution in [0.15, 0.2) is 42.7 Å². The summed E-state index contributed by atoms with van der Waals surface area (Å²) in [6.45, 7) is 0.385. The van der Waals surface area contributed by atoms with E-state index in [0.29, 0.717) is 19.0 Å². The third-order valence-electron chi connectivity index (χ3n) is 3.05. The Kier molecular flexibility index (Phi) is 3.10. The first-order chi connectivity index (χ1) is 9.33. The quantitative estimate of drug-likeness (QED) is 0.886. The first-order valence-electron chi connectivity index (χ1n) is 6.11. The Hall–Kier alpha value is -2.43. The molecule has 0 saturated heterocycles. The van der Waals surface area contributed by atoms with E-state index in [4.69, 9.17) is 4.74 Å². The first kappa shape index (κ1) is 11.6. The molecule has 5 heteroatoms. The summed E-state index contributed by atoms with van der Waals surface area (Å²) in [5, 5.41) is 2.70. The Morgan fingerprint density at radius 2 is 2.00 bits per heavy atom. The summed E-state index contributed by atoms with van der Waals surface area (Å²) < 4.78 is 5.59. The lowest BCUT2D eigenvalue weighted by molar-refractivity contribution is -0.121. The number of carbonyl (C=O) groups is 1. The molecule has 0 spiro atoms. The van der Waals surface area contributed by atoms with Gasteiger partial charge in [0.2, 0.25) is 11.9 Å². The largest absolute Gasteiger partial charge is 0.492 e. The van der Waals surface area contributed by atoms with E-state index in [1.54, 1.807) is 18.5 Å². The fourth-order valence-corrected chi connectivity index (χ4v) is 2.07. The second-order valence-corrected chi connectivity index (χ2v) is 4.38. The summed E-state index contributed by atoms with van der Waals surface area (Å²) >= 11 is 0. The summed E-state index contributed by atoms with van der Waals surface area (Å²) in [6, 6.07) is 9.48. The van der Waals surface area contributed by atoms with Crippen molar-refractivity contribution < 1.29 is 9.53 Å². The fraction of sp³-hybridized carbons (Fsp3) is 0.214. The normalized spacial score (nSPS) is 17.2. The number of rotatable bonds is 2. The number of aromatic nitrogens is 2. The van der Waals surface area contributed by atoms with Crippen molar-refractivity contribution in [3.63, 3.8) is 0 Å². The highest BCUT2D eigenvalue weighted by Crippen LogP contribution is 2.27. The number of anilines is 1. The van der Waals surface area contributed by atoms with E-state index in [9.17, 15) is 4.79 Å². The molecule has 19 heavy (non-hydrogen) atoms. The molecule has 2 heterocycles. The predicted octanol–water partition coefficient (Wildman–Crippen LogP) is 1.67. The lowest BCUT2D eigenvalue weighted by atomic mass is 9.96. The smallest absolute Gasteiger partial charge is 0.233 e. The number of ether oxygens (including phenoxy) is 1. The zero-order chi connectivity index (χ0) is 13.1. The molecule has 0 aliphatic carbocycles. The Morgan fingerprint density at radius 3 is 2.84 bits per heavy atom. The lowest BCUT2D eigenvalue weighted by Gasteiger charge is -2.24. The minimum atomic E-state index is -0.210. The Balaban J connectivity index is 1.70. The van der Waals surface area contributed by atoms with Crippen molar-refractivity contribution in [3.8, 4) is 5.75 Å². The third kappa shape index (κ3) is 2.54. The van der Waals surface area contributed by atoms with Crippen LogP contribution in [0.1, 0.15) is 5.56 Å². The molecule has 1 amide bonds. The van der Waals surface area contributed by atoms with Crippen LogP contribution in [0.3, 0.4) is 0 Å². The topological polar surface area (TPSA) is 64.1 Å². The number of nitrogens with zero attached hydrogens (tertiary/aromatic N) is 2. The van der Waals surface area contributed by atoms with Crippen LogP contribution in [0.5, 0.6) is 5.75 Å². The van der Waals surface area contributed by atoms with Gasteiger partial charge in [0.05, 0.1) is 5.92 Å². The van der Waals surface area contributed by atoms with Crippen molar-refractivity contribution in [1.82, 2.24) is 9.97 Å². The molecular formula is C14H13N3O2. The van der Waals surface area contributed by atoms with Crippen LogP contribution in [0.4, 0.5) is 5.95 Å². The number of hydrogen-bond donors (Lipinski definition) is 1. The van der Waals surface area contributed by atoms with E-state index in [0.717, 1.165) is 11.3 Å². The molecule has 1 aliphatic rings. The molecule has 3 rings (SSSR count). The number of carbonyl (C=O) groups excluding carboxylic acids is 1. The summed E-state index contributed by atoms with van der Waals surface area (Å²) in [4.78, 5) is 20.1. The minimum absolute atomic E-state index is 0.110. The molecule has 1 aromatic heterocycles. The van der Waals surface area contributed by atoms with E-state index in [-0.39, 0.29) is 11.8 Å². The van der Waals surface area contributed by atoms with Crippen LogP contribution in [-0.4, -0.2) is 22.5 Å². The van der Waals surface area contributed by atoms with Crippen LogP contribution in [0, 0.1) is 5.92 Å². The second-order valence-electron chi connectivity index (χ2n) is 4.38. The molecule has 1 aliphatic heterocycles. The van der Waals surface area contributed by atoms with Crippen LogP contribution in [0.2, 0.25) is 0 Å². The molecule has 2 aromatic rings. The van der Waals surface area contributed by atoms with Gasteiger partial charge < -0.3 is 4.74 Å². The number of benzene rings is 1. The van der Waals surface area contributed by atoms with Crippen LogP contribution >= 0.6 is 0 Å². The van der Waals surface area contributed by atoms with Crippen molar-refractivity contribution >= 4 is 11.9 Å². The Labute approximate surface area is 110 Å². The summed E-state index contributed by atoms with van der Waals surface area (Å²) in [5.41, 5.74) is 1.06. The van der Waals surface area contributed by atoms with Gasteiger partial charge in [0.15, 0.2) is 0 Å². The predicted molar refractivity (Wildman–Crippen MR) is 69.8 cm³/mol. The van der Waals surface area contributed by atoms with Crippen LogP contribution in [0.25, 0.3) is 0 Å². The number of amides is 1. The van der Waals surface area contributed by atoms with Gasteiger partial charge in [-0.05, 0) is 24.1 Å². The average molecular weight is 255 g/mol. The maximum Gasteiger partial charge on any atom is 0.233 e. The molecule has 0 bridgehead atoms. The van der Waals surface area contributed by atoms with Crippen molar-refractivity contribution in [3.05, 3.63) is 48.3 Å². The molecule has 0 unspecified atom stereocenters. The maximum absolute atomic E-state index is 12.1. The molecular weight excluding hydrogens is 242 g/mol. The van der Waals surface area contributed by atoms with Gasteiger partial charge in [-0.1, -0.05) is 18.2 Å². The molecule has 5 nitrogen and oxygen atoms in total. The van der Waals surface area contributed by atoms with Gasteiger partial charge in [-0.3, -0.25) is 10.1 Å². The fourth-order valence-electron chi connectivity index (χ4n) is 2.07. The minimum Gasteiger partial charge on any atom is -0.492 e. The Bertz CT molecular complexity index is 586. The summed E-state index contributed by atoms with van der Waals surface area (Å²) in [7, 11) is 0. The van der Waals surface area contributed by atoms with Crippen molar-refractivity contribution in [2.45, 2.75) is 6.42 Å². The molecule has 1 aromatic carbocycles. The zero-order valence-electron chi connectivity index (χ0n) is 10.2. The van der Waals surface area contributed by atoms with Gasteiger partial charge in [-0.25, -0.2) is 9.97 Å². The standard InChI is InChI=1S/C14H13N3O2/c18-13(17-14-15-6-3-7-16-14)11-8-10-4-1-2-5-12(10)19-9-11/h1-7,11H,8-9H2,(H,15,16,17,18)/t11-/m1/s1. The molecule has 1 atom stereocenters. The average Bonchev–Trinajstić information content (AvgIpc) is 2.48. The number of hydrogen-bond acceptors (Lipinski definition) is 4. The summed E-state index contributed by atoms with van der Waals surface area (Å²) in [5.74, 6) is 0.869. The van der Waals surface area contributed by atoms with E-state index in [2.05, 4.69) is 15.3 Å². The number of fused-ring (bicyclic) bond motifs is 1. The molecule has 0 saturated carbocycles. The van der Waals surface area contributed by atoms with Crippen molar-refractivity contribution in [2.24, 2.45) is 5.92 Å². The monoisotopic (exact) mass is 255 g/mol. The molecule has 1 N–H and O–H groups in total. The van der Waals surface area contributed by atoms with E-state index >= 15 is 0 Å². The summed E-state index contributed by atoms with van der Waals surface area (Å²) in [6.07, 6.45) is 3.86. The van der Waals surface area contributed by atoms with Crippen LogP contribution in [-0.2, 0) is 11.2 Å². The van der Waals surface area contributed by atoms with Gasteiger partial charge >= 0.3 is 0 Å². The first-order valence-corrected chi connectivity index (χ1v) is 6.11. The highest BCUT2D eigenvalue weighted by molar-refractivity contribution is 5.91. The van der Waals surface area contributed by atoms with Crippen molar-refractivity contribution in [2.75, 3.05) is 11.9 Å². The van der Waals surface area contributed by atoms with Gasteiger partial charge in [-0.2, -0.15) is 0 Å². The maximum atomic E-state index is 12.1. The SMILES string of the molecule is O=C(Nc1ncccn1)[C@H]1COc2ccccc2C1. The highest BCUT2D eigenvalue weighted by Gasteiger charge is 2.26. The van der Waals surface area contributed by atoms with Gasteiger partial charge in [0.25, 0.3) is 0 Å². The van der Waals surface area contributed by atoms with Crippen molar-refractivity contribution in [1.29, 1.82) is 0 Å². The van der Waals surface area contributed by atoms with E-state index < -0.39 is 0 Å². The van der Waals surface area contributed by atoms with Gasteiger partial charge in [-0.15, -0.1) is 0 Å². The van der Waals surface area contributed by atoms with Gasteiger partial charge in [0, 0.05) is 12.4 Å². The Morgan fingerprint density at radius 1 is 1.21 bits per heavy atom. The second kappa shape index (κ2) is 5.06. The number of para-hydroxylation sites is 1. The third-order valence-corrected chi connectivity index (χ3v) is 3.05. The van der Waals surface area contributed by atoms with E-state index in [1.807, 2.05) is 24.3 Å². The highest BCUT2D eigenvalue weighted by atomic mass is 16.5. The molecule has 0 radical (unpaired) electrons. The lowest BCUT2D eigenvalue weighted by Crippen LogP contribution is -2.33. The molecule has 96 valence electrons. The zero-order valence-corrected chi connectivity index (χ0v) is 10.2.